The van der Waals surface area contributed by atoms with E-state index in [1.54, 1.807) is 59.4 Å². The Kier molecular flexibility index (Phi) is 6.03. The summed E-state index contributed by atoms with van der Waals surface area (Å²) >= 11 is 1.80. The maximum Gasteiger partial charge on any atom is 0.278 e. The molecule has 0 aliphatic carbocycles. The summed E-state index contributed by atoms with van der Waals surface area (Å²) in [6, 6.07) is 17.6. The van der Waals surface area contributed by atoms with E-state index < -0.39 is 5.91 Å². The lowest BCUT2D eigenvalue weighted by Crippen LogP contribution is -2.14. The summed E-state index contributed by atoms with van der Waals surface area (Å²) in [5, 5.41) is 13.6. The van der Waals surface area contributed by atoms with Crippen LogP contribution in [0.15, 0.2) is 66.9 Å². The number of carbonyl (C=O) groups excluding carboxylic acids is 1. The molecule has 0 atom stereocenters. The number of fused-ring (bicyclic) bond motifs is 1. The molecule has 156 valence electrons. The lowest BCUT2D eigenvalue weighted by molar-refractivity contribution is 0.101. The van der Waals surface area contributed by atoms with Crippen LogP contribution in [0, 0.1) is 0 Å². The maximum atomic E-state index is 12.5. The van der Waals surface area contributed by atoms with Crippen molar-refractivity contribution in [3.8, 4) is 28.9 Å². The molecule has 2 N–H and O–H groups in total. The van der Waals surface area contributed by atoms with E-state index >= 15 is 0 Å². The summed E-state index contributed by atoms with van der Waals surface area (Å²) in [5.74, 6) is 0.859. The minimum absolute atomic E-state index is 0.127. The number of aromatic hydroxyl groups is 1. The number of carbonyl (C=O) groups is 1. The Morgan fingerprint density at radius 1 is 1.03 bits per heavy atom. The van der Waals surface area contributed by atoms with E-state index in [4.69, 9.17) is 12.5 Å². The number of nitrogens with zero attached hydrogens (tertiary/aromatic N) is 2. The number of methoxy groups -OCH3 is 1. The number of para-hydroxylation sites is 2. The fourth-order valence-electron chi connectivity index (χ4n) is 2.91. The number of anilines is 1. The molecule has 0 radical (unpaired) electrons. The van der Waals surface area contributed by atoms with Crippen molar-refractivity contribution in [1.82, 2.24) is 9.97 Å². The second-order valence-corrected chi connectivity index (χ2v) is 6.79. The molecule has 0 aliphatic heterocycles. The van der Waals surface area contributed by atoms with Gasteiger partial charge in [0.05, 0.1) is 12.6 Å². The summed E-state index contributed by atoms with van der Waals surface area (Å²) in [7, 11) is 1.40. The first kappa shape index (κ1) is 20.7. The number of halogens is 1. The van der Waals surface area contributed by atoms with Gasteiger partial charge in [-0.05, 0) is 36.4 Å². The third-order valence-electron chi connectivity index (χ3n) is 4.39. The Hall–Kier alpha value is -3.60. The highest BCUT2D eigenvalue weighted by Gasteiger charge is 2.17. The molecular weight excluding hydrogens is 513 g/mol. The van der Waals surface area contributed by atoms with Crippen LogP contribution in [0.3, 0.4) is 0 Å². The molecule has 8 nitrogen and oxygen atoms in total. The highest BCUT2D eigenvalue weighted by molar-refractivity contribution is 14.1. The summed E-state index contributed by atoms with van der Waals surface area (Å²) in [4.78, 5) is 20.9. The largest absolute Gasteiger partial charge is 0.503 e. The Bertz CT molecular complexity index is 1270. The molecule has 0 bridgehead atoms. The van der Waals surface area contributed by atoms with Crippen LogP contribution in [0.1, 0.15) is 10.5 Å². The van der Waals surface area contributed by atoms with Gasteiger partial charge in [-0.2, -0.15) is 0 Å². The van der Waals surface area contributed by atoms with Crippen LogP contribution in [0.4, 0.5) is 5.69 Å². The fraction of sp³-hybridized carbons (Fsp3) is 0.0455. The van der Waals surface area contributed by atoms with Gasteiger partial charge >= 0.3 is 0 Å². The zero-order chi connectivity index (χ0) is 21.8. The molecule has 0 fully saturated rings. The van der Waals surface area contributed by atoms with Crippen LogP contribution in [0.25, 0.3) is 10.9 Å². The number of pyridine rings is 2. The number of hydrogen-bond acceptors (Lipinski definition) is 7. The van der Waals surface area contributed by atoms with Crippen molar-refractivity contribution in [2.75, 3.05) is 12.4 Å². The van der Waals surface area contributed by atoms with Gasteiger partial charge in [0.25, 0.3) is 5.91 Å². The molecular formula is C22H16IN3O5. The molecule has 31 heavy (non-hydrogen) atoms. The minimum atomic E-state index is -0.556. The van der Waals surface area contributed by atoms with Crippen LogP contribution in [0.5, 0.6) is 28.9 Å². The number of nitrogens with one attached hydrogen (secondary N) is 1. The molecule has 9 heteroatoms. The van der Waals surface area contributed by atoms with Gasteiger partial charge < -0.3 is 23.0 Å². The molecule has 0 spiro atoms. The van der Waals surface area contributed by atoms with Crippen LogP contribution < -0.4 is 17.9 Å². The van der Waals surface area contributed by atoms with Gasteiger partial charge in [-0.1, -0.05) is 12.1 Å². The lowest BCUT2D eigenvalue weighted by Gasteiger charge is -2.10. The highest BCUT2D eigenvalue weighted by atomic mass is 127. The predicted molar refractivity (Wildman–Crippen MR) is 123 cm³/mol. The van der Waals surface area contributed by atoms with Crippen molar-refractivity contribution in [2.24, 2.45) is 0 Å². The molecule has 4 rings (SSSR count). The minimum Gasteiger partial charge on any atom is -0.503 e. The monoisotopic (exact) mass is 529 g/mol. The van der Waals surface area contributed by atoms with Crippen LogP contribution >= 0.6 is 23.0 Å². The van der Waals surface area contributed by atoms with Crippen LogP contribution in [0.2, 0.25) is 0 Å². The van der Waals surface area contributed by atoms with Gasteiger partial charge in [0.15, 0.2) is 51.7 Å². The van der Waals surface area contributed by atoms with E-state index in [1.165, 1.54) is 19.4 Å². The second kappa shape index (κ2) is 9.04. The van der Waals surface area contributed by atoms with E-state index in [9.17, 15) is 9.90 Å². The standard InChI is InChI=1S/C22H16IN3O5/c1-29-18-10-11-24-20(21(18)27)22(28)25-14-7-8-15-13(12-14)6-9-19(26-15)30-16-4-2-3-5-17(16)31-23/h2-12,27H,1H3,(H,25,28). The van der Waals surface area contributed by atoms with Crippen molar-refractivity contribution < 1.29 is 22.4 Å². The van der Waals surface area contributed by atoms with Gasteiger partial charge in [-0.25, -0.2) is 9.97 Å². The third-order valence-corrected chi connectivity index (χ3v) is 4.87. The second-order valence-electron chi connectivity index (χ2n) is 6.35. The van der Waals surface area contributed by atoms with E-state index in [2.05, 4.69) is 15.3 Å². The van der Waals surface area contributed by atoms with Crippen molar-refractivity contribution in [3.05, 3.63) is 72.6 Å². The van der Waals surface area contributed by atoms with E-state index in [0.717, 1.165) is 5.39 Å². The fourth-order valence-corrected chi connectivity index (χ4v) is 3.27. The average Bonchev–Trinajstić information content (AvgIpc) is 2.79. The Morgan fingerprint density at radius 2 is 1.84 bits per heavy atom. The number of ether oxygens (including phenoxy) is 2. The van der Waals surface area contributed by atoms with Crippen molar-refractivity contribution >= 4 is 45.5 Å². The van der Waals surface area contributed by atoms with Crippen LogP contribution in [-0.2, 0) is 0 Å². The average molecular weight is 529 g/mol. The number of amides is 1. The molecule has 0 saturated carbocycles. The first-order valence-corrected chi connectivity index (χ1v) is 9.96. The van der Waals surface area contributed by atoms with E-state index in [-0.39, 0.29) is 17.2 Å². The molecule has 2 aromatic carbocycles. The molecule has 4 aromatic rings. The van der Waals surface area contributed by atoms with Crippen LogP contribution in [-0.4, -0.2) is 28.1 Å². The Morgan fingerprint density at radius 3 is 2.61 bits per heavy atom. The molecule has 2 aromatic heterocycles. The van der Waals surface area contributed by atoms with Gasteiger partial charge in [-0.15, -0.1) is 0 Å². The Labute approximate surface area is 191 Å². The summed E-state index contributed by atoms with van der Waals surface area (Å²) in [5.41, 5.74) is 1.09. The summed E-state index contributed by atoms with van der Waals surface area (Å²) in [6.07, 6.45) is 1.39. The van der Waals surface area contributed by atoms with Crippen molar-refractivity contribution in [2.45, 2.75) is 0 Å². The topological polar surface area (TPSA) is 103 Å². The first-order valence-electron chi connectivity index (χ1n) is 9.08. The van der Waals surface area contributed by atoms with E-state index in [1.807, 2.05) is 18.2 Å². The van der Waals surface area contributed by atoms with Gasteiger partial charge in [0.1, 0.15) is 0 Å². The molecule has 0 saturated heterocycles. The molecule has 1 amide bonds. The van der Waals surface area contributed by atoms with Gasteiger partial charge in [-0.3, -0.25) is 4.79 Å². The molecule has 2 heterocycles. The molecule has 0 unspecified atom stereocenters. The number of rotatable bonds is 6. The number of hydrogen-bond donors (Lipinski definition) is 2. The normalized spacial score (nSPS) is 10.5. The van der Waals surface area contributed by atoms with E-state index in [0.29, 0.717) is 28.6 Å². The lowest BCUT2D eigenvalue weighted by atomic mass is 10.2. The van der Waals surface area contributed by atoms with Gasteiger partial charge in [0, 0.05) is 29.4 Å². The zero-order valence-corrected chi connectivity index (χ0v) is 18.4. The number of aromatic nitrogens is 2. The highest BCUT2D eigenvalue weighted by Crippen LogP contribution is 2.33. The zero-order valence-electron chi connectivity index (χ0n) is 16.2. The quantitative estimate of drug-likeness (QED) is 0.335. The maximum absolute atomic E-state index is 12.5. The smallest absolute Gasteiger partial charge is 0.278 e. The third kappa shape index (κ3) is 4.45. The molecule has 0 aliphatic rings. The Balaban J connectivity index is 1.55. The summed E-state index contributed by atoms with van der Waals surface area (Å²) in [6.45, 7) is 0. The summed E-state index contributed by atoms with van der Waals surface area (Å²) < 4.78 is 16.1. The van der Waals surface area contributed by atoms with Crippen molar-refractivity contribution in [3.63, 3.8) is 0 Å². The predicted octanol–water partition coefficient (Wildman–Crippen LogP) is 5.12. The van der Waals surface area contributed by atoms with Crippen molar-refractivity contribution in [1.29, 1.82) is 0 Å². The van der Waals surface area contributed by atoms with Gasteiger partial charge in [0.2, 0.25) is 5.88 Å². The SMILES string of the molecule is COc1ccnc(C(=O)Nc2ccc3nc(Oc4ccccc4OI)ccc3c2)c1O. The number of benzene rings is 2. The first-order chi connectivity index (χ1) is 15.1.